The molecule has 0 aromatic heterocycles. The van der Waals surface area contributed by atoms with E-state index in [-0.39, 0.29) is 12.1 Å². The molecule has 0 amide bonds. The SMILES string of the molecule is CCCOC(=O)C1=C(C)N(C(C)C)C(C)=C(C(=O)OC(C)C)C1c1ccc(OC)cc1. The topological polar surface area (TPSA) is 65.1 Å². The number of benzene rings is 1. The van der Waals surface area contributed by atoms with Crippen LogP contribution in [0.3, 0.4) is 0 Å². The van der Waals surface area contributed by atoms with Gasteiger partial charge in [0.1, 0.15) is 5.75 Å². The maximum absolute atomic E-state index is 13.3. The number of allylic oxidation sites excluding steroid dienone is 2. The highest BCUT2D eigenvalue weighted by atomic mass is 16.5. The lowest BCUT2D eigenvalue weighted by Crippen LogP contribution is -2.38. The van der Waals surface area contributed by atoms with Crippen LogP contribution in [0.25, 0.3) is 0 Å². The van der Waals surface area contributed by atoms with Crippen LogP contribution in [-0.2, 0) is 19.1 Å². The minimum atomic E-state index is -0.587. The van der Waals surface area contributed by atoms with Crippen LogP contribution in [0.4, 0.5) is 0 Å². The summed E-state index contributed by atoms with van der Waals surface area (Å²) in [5, 5.41) is 0. The van der Waals surface area contributed by atoms with Crippen LogP contribution in [0, 0.1) is 0 Å². The van der Waals surface area contributed by atoms with E-state index < -0.39 is 17.9 Å². The van der Waals surface area contributed by atoms with Gasteiger partial charge in [-0.15, -0.1) is 0 Å². The Bertz CT molecular complexity index is 864. The van der Waals surface area contributed by atoms with Gasteiger partial charge < -0.3 is 19.1 Å². The summed E-state index contributed by atoms with van der Waals surface area (Å²) in [6.45, 7) is 13.8. The fourth-order valence-corrected chi connectivity index (χ4v) is 4.06. The molecular weight excluding hydrogens is 394 g/mol. The Labute approximate surface area is 185 Å². The number of ether oxygens (including phenoxy) is 3. The van der Waals surface area contributed by atoms with Crippen molar-refractivity contribution in [2.24, 2.45) is 0 Å². The van der Waals surface area contributed by atoms with E-state index in [1.54, 1.807) is 7.11 Å². The van der Waals surface area contributed by atoms with Crippen molar-refractivity contribution in [3.05, 3.63) is 52.4 Å². The second-order valence-corrected chi connectivity index (χ2v) is 8.26. The molecule has 0 aliphatic carbocycles. The second kappa shape index (κ2) is 10.5. The van der Waals surface area contributed by atoms with Crippen LogP contribution in [-0.4, -0.2) is 42.7 Å². The van der Waals surface area contributed by atoms with Crippen molar-refractivity contribution in [2.75, 3.05) is 13.7 Å². The van der Waals surface area contributed by atoms with Gasteiger partial charge in [-0.3, -0.25) is 0 Å². The summed E-state index contributed by atoms with van der Waals surface area (Å²) in [6, 6.07) is 7.47. The standard InChI is InChI=1S/C25H35NO5/c1-9-14-30-24(27)21-17(6)26(15(2)3)18(7)22(25(28)31-16(4)5)23(21)19-10-12-20(29-8)13-11-19/h10-13,15-16,23H,9,14H2,1-8H3. The summed E-state index contributed by atoms with van der Waals surface area (Å²) in [4.78, 5) is 28.5. The fourth-order valence-electron chi connectivity index (χ4n) is 4.06. The molecule has 6 heteroatoms. The van der Waals surface area contributed by atoms with Crippen molar-refractivity contribution in [3.63, 3.8) is 0 Å². The number of nitrogens with zero attached hydrogens (tertiary/aromatic N) is 1. The highest BCUT2D eigenvalue weighted by Crippen LogP contribution is 2.44. The van der Waals surface area contributed by atoms with E-state index in [2.05, 4.69) is 0 Å². The molecule has 1 aromatic rings. The van der Waals surface area contributed by atoms with Crippen LogP contribution < -0.4 is 4.74 Å². The maximum atomic E-state index is 13.3. The average molecular weight is 430 g/mol. The van der Waals surface area contributed by atoms with E-state index in [4.69, 9.17) is 14.2 Å². The summed E-state index contributed by atoms with van der Waals surface area (Å²) in [5.41, 5.74) is 3.30. The highest BCUT2D eigenvalue weighted by Gasteiger charge is 2.41. The summed E-state index contributed by atoms with van der Waals surface area (Å²) >= 11 is 0. The number of hydrogen-bond donors (Lipinski definition) is 0. The predicted octanol–water partition coefficient (Wildman–Crippen LogP) is 4.96. The summed E-state index contributed by atoms with van der Waals surface area (Å²) in [5.74, 6) is -0.719. The number of hydrogen-bond acceptors (Lipinski definition) is 6. The normalized spacial score (nSPS) is 16.8. The summed E-state index contributed by atoms with van der Waals surface area (Å²) in [7, 11) is 1.60. The monoisotopic (exact) mass is 429 g/mol. The van der Waals surface area contributed by atoms with Gasteiger partial charge in [0.05, 0.1) is 36.9 Å². The average Bonchev–Trinajstić information content (AvgIpc) is 2.70. The number of carbonyl (C=O) groups excluding carboxylic acids is 2. The van der Waals surface area contributed by atoms with Gasteiger partial charge in [-0.2, -0.15) is 0 Å². The van der Waals surface area contributed by atoms with E-state index in [0.29, 0.717) is 23.5 Å². The number of carbonyl (C=O) groups is 2. The highest BCUT2D eigenvalue weighted by molar-refractivity contribution is 6.00. The Balaban J connectivity index is 2.75. The second-order valence-electron chi connectivity index (χ2n) is 8.26. The third-order valence-electron chi connectivity index (χ3n) is 5.27. The molecule has 0 bridgehead atoms. The van der Waals surface area contributed by atoms with Gasteiger partial charge in [0.25, 0.3) is 0 Å². The summed E-state index contributed by atoms with van der Waals surface area (Å²) < 4.78 is 16.4. The molecule has 1 aromatic carbocycles. The van der Waals surface area contributed by atoms with Crippen molar-refractivity contribution in [1.29, 1.82) is 0 Å². The lowest BCUT2D eigenvalue weighted by atomic mass is 9.79. The first-order chi connectivity index (χ1) is 14.6. The van der Waals surface area contributed by atoms with Crippen LogP contribution in [0.1, 0.15) is 66.4 Å². The molecule has 2 rings (SSSR count). The minimum Gasteiger partial charge on any atom is -0.497 e. The quantitative estimate of drug-likeness (QED) is 0.545. The Morgan fingerprint density at radius 3 is 1.97 bits per heavy atom. The molecule has 0 N–H and O–H groups in total. The molecule has 1 aliphatic heterocycles. The first-order valence-electron chi connectivity index (χ1n) is 10.9. The molecule has 1 aliphatic rings. The zero-order valence-electron chi connectivity index (χ0n) is 19.9. The van der Waals surface area contributed by atoms with Gasteiger partial charge in [-0.1, -0.05) is 19.1 Å². The van der Waals surface area contributed by atoms with Crippen LogP contribution in [0.15, 0.2) is 46.8 Å². The van der Waals surface area contributed by atoms with Crippen LogP contribution >= 0.6 is 0 Å². The lowest BCUT2D eigenvalue weighted by molar-refractivity contribution is -0.143. The summed E-state index contributed by atoms with van der Waals surface area (Å²) in [6.07, 6.45) is 0.440. The zero-order chi connectivity index (χ0) is 23.3. The first kappa shape index (κ1) is 24.5. The van der Waals surface area contributed by atoms with Crippen molar-refractivity contribution in [2.45, 2.75) is 73.0 Å². The van der Waals surface area contributed by atoms with Crippen LogP contribution in [0.5, 0.6) is 5.75 Å². The number of esters is 2. The van der Waals surface area contributed by atoms with Crippen molar-refractivity contribution in [1.82, 2.24) is 4.90 Å². The van der Waals surface area contributed by atoms with E-state index >= 15 is 0 Å². The smallest absolute Gasteiger partial charge is 0.337 e. The van der Waals surface area contributed by atoms with Crippen LogP contribution in [0.2, 0.25) is 0 Å². The molecule has 0 saturated carbocycles. The molecule has 0 fully saturated rings. The molecule has 6 nitrogen and oxygen atoms in total. The fraction of sp³-hybridized carbons (Fsp3) is 0.520. The number of methoxy groups -OCH3 is 1. The third kappa shape index (κ3) is 5.30. The van der Waals surface area contributed by atoms with Gasteiger partial charge >= 0.3 is 11.9 Å². The minimum absolute atomic E-state index is 0.0487. The lowest BCUT2D eigenvalue weighted by Gasteiger charge is -2.40. The zero-order valence-corrected chi connectivity index (χ0v) is 19.9. The van der Waals surface area contributed by atoms with Crippen molar-refractivity contribution >= 4 is 11.9 Å². The van der Waals surface area contributed by atoms with Gasteiger partial charge in [0.2, 0.25) is 0 Å². The predicted molar refractivity (Wildman–Crippen MR) is 121 cm³/mol. The van der Waals surface area contributed by atoms with E-state index in [1.165, 1.54) is 0 Å². The molecule has 1 atom stereocenters. The van der Waals surface area contributed by atoms with Gasteiger partial charge in [0.15, 0.2) is 0 Å². The third-order valence-corrected chi connectivity index (χ3v) is 5.27. The van der Waals surface area contributed by atoms with Gasteiger partial charge in [0, 0.05) is 17.4 Å². The maximum Gasteiger partial charge on any atom is 0.337 e. The van der Waals surface area contributed by atoms with E-state index in [9.17, 15) is 9.59 Å². The van der Waals surface area contributed by atoms with E-state index in [1.807, 2.05) is 77.6 Å². The van der Waals surface area contributed by atoms with Gasteiger partial charge in [-0.05, 0) is 65.7 Å². The molecule has 0 saturated heterocycles. The first-order valence-corrected chi connectivity index (χ1v) is 10.9. The molecule has 0 radical (unpaired) electrons. The molecule has 1 unspecified atom stereocenters. The number of rotatable bonds is 8. The molecule has 31 heavy (non-hydrogen) atoms. The van der Waals surface area contributed by atoms with Crippen molar-refractivity contribution < 1.29 is 23.8 Å². The molecule has 0 spiro atoms. The Kier molecular flexibility index (Phi) is 8.31. The van der Waals surface area contributed by atoms with E-state index in [0.717, 1.165) is 23.4 Å². The Morgan fingerprint density at radius 1 is 0.968 bits per heavy atom. The van der Waals surface area contributed by atoms with Gasteiger partial charge in [-0.25, -0.2) is 9.59 Å². The van der Waals surface area contributed by atoms with Crippen molar-refractivity contribution in [3.8, 4) is 5.75 Å². The molecular formula is C25H35NO5. The largest absolute Gasteiger partial charge is 0.497 e. The molecule has 170 valence electrons. The molecule has 1 heterocycles. The Hall–Kier alpha value is -2.76. The Morgan fingerprint density at radius 2 is 1.52 bits per heavy atom.